The second-order valence-corrected chi connectivity index (χ2v) is 9.10. The lowest BCUT2D eigenvalue weighted by atomic mass is 9.82. The van der Waals surface area contributed by atoms with Gasteiger partial charge < -0.3 is 15.2 Å². The van der Waals surface area contributed by atoms with E-state index in [9.17, 15) is 19.5 Å². The minimum absolute atomic E-state index is 0.256. The van der Waals surface area contributed by atoms with E-state index in [1.54, 1.807) is 19.9 Å². The molecule has 28 heavy (non-hydrogen) atoms. The van der Waals surface area contributed by atoms with Crippen LogP contribution in [0.4, 0.5) is 5.00 Å². The fourth-order valence-corrected chi connectivity index (χ4v) is 5.31. The SMILES string of the molecule is CC(C)OC(=O)c1c(NC(=O)[C@H]2CC=CC[C@H]2C(=O)O)sc2c1CC[C@H](C)C2. The van der Waals surface area contributed by atoms with E-state index in [2.05, 4.69) is 12.2 Å². The molecule has 0 aromatic carbocycles. The summed E-state index contributed by atoms with van der Waals surface area (Å²) in [6.45, 7) is 5.77. The van der Waals surface area contributed by atoms with Gasteiger partial charge >= 0.3 is 11.9 Å². The third-order valence-electron chi connectivity index (χ3n) is 5.38. The van der Waals surface area contributed by atoms with E-state index in [0.717, 1.165) is 29.7 Å². The Labute approximate surface area is 169 Å². The van der Waals surface area contributed by atoms with Gasteiger partial charge in [-0.2, -0.15) is 0 Å². The molecular weight excluding hydrogens is 378 g/mol. The first-order valence-corrected chi connectivity index (χ1v) is 10.6. The molecule has 2 aliphatic carbocycles. The minimum Gasteiger partial charge on any atom is -0.481 e. The Morgan fingerprint density at radius 1 is 1.21 bits per heavy atom. The fraction of sp³-hybridized carbons (Fsp3) is 0.571. The van der Waals surface area contributed by atoms with Crippen molar-refractivity contribution in [1.82, 2.24) is 0 Å². The molecule has 1 aromatic rings. The van der Waals surface area contributed by atoms with E-state index in [0.29, 0.717) is 29.3 Å². The molecule has 1 amide bonds. The second-order valence-electron chi connectivity index (χ2n) is 7.99. The van der Waals surface area contributed by atoms with Crippen LogP contribution in [0.2, 0.25) is 0 Å². The zero-order chi connectivity index (χ0) is 20.4. The van der Waals surface area contributed by atoms with Gasteiger partial charge in [-0.1, -0.05) is 19.1 Å². The quantitative estimate of drug-likeness (QED) is 0.570. The molecule has 0 fully saturated rings. The summed E-state index contributed by atoms with van der Waals surface area (Å²) >= 11 is 1.42. The number of hydrogen-bond donors (Lipinski definition) is 2. The van der Waals surface area contributed by atoms with Crippen molar-refractivity contribution in [3.63, 3.8) is 0 Å². The molecule has 6 nitrogen and oxygen atoms in total. The number of anilines is 1. The molecular formula is C21H27NO5S. The van der Waals surface area contributed by atoms with E-state index in [4.69, 9.17) is 4.74 Å². The van der Waals surface area contributed by atoms with Crippen LogP contribution in [-0.2, 0) is 27.2 Å². The molecule has 152 valence electrons. The van der Waals surface area contributed by atoms with Crippen molar-refractivity contribution in [3.8, 4) is 0 Å². The van der Waals surface area contributed by atoms with Crippen molar-refractivity contribution >= 4 is 34.2 Å². The van der Waals surface area contributed by atoms with Crippen LogP contribution >= 0.6 is 11.3 Å². The molecule has 0 saturated heterocycles. The van der Waals surface area contributed by atoms with E-state index >= 15 is 0 Å². The molecule has 0 saturated carbocycles. The first kappa shape index (κ1) is 20.6. The van der Waals surface area contributed by atoms with Crippen molar-refractivity contribution in [2.45, 2.75) is 59.0 Å². The Hall–Kier alpha value is -2.15. The summed E-state index contributed by atoms with van der Waals surface area (Å²) in [5, 5.41) is 12.8. The number of fused-ring (bicyclic) bond motifs is 1. The number of carboxylic acid groups (broad SMARTS) is 1. The molecule has 3 atom stereocenters. The van der Waals surface area contributed by atoms with Crippen LogP contribution in [0.1, 0.15) is 60.8 Å². The first-order valence-electron chi connectivity index (χ1n) is 9.82. The maximum absolute atomic E-state index is 12.9. The van der Waals surface area contributed by atoms with Gasteiger partial charge in [0.1, 0.15) is 5.00 Å². The van der Waals surface area contributed by atoms with E-state index in [1.807, 2.05) is 6.08 Å². The molecule has 1 aromatic heterocycles. The van der Waals surface area contributed by atoms with Gasteiger partial charge in [0.25, 0.3) is 0 Å². The molecule has 2 N–H and O–H groups in total. The van der Waals surface area contributed by atoms with Gasteiger partial charge in [0.15, 0.2) is 0 Å². The summed E-state index contributed by atoms with van der Waals surface area (Å²) in [5.74, 6) is -2.59. The topological polar surface area (TPSA) is 92.7 Å². The lowest BCUT2D eigenvalue weighted by Crippen LogP contribution is -2.34. The highest BCUT2D eigenvalue weighted by Gasteiger charge is 2.36. The summed E-state index contributed by atoms with van der Waals surface area (Å²) in [6, 6.07) is 0. The number of esters is 1. The number of amides is 1. The second kappa shape index (κ2) is 8.47. The molecule has 2 aliphatic rings. The lowest BCUT2D eigenvalue weighted by molar-refractivity contribution is -0.146. The highest BCUT2D eigenvalue weighted by Crippen LogP contribution is 2.41. The van der Waals surface area contributed by atoms with Gasteiger partial charge in [-0.25, -0.2) is 4.79 Å². The Kier molecular flexibility index (Phi) is 6.23. The largest absolute Gasteiger partial charge is 0.481 e. The van der Waals surface area contributed by atoms with E-state index in [-0.39, 0.29) is 12.0 Å². The van der Waals surface area contributed by atoms with Crippen molar-refractivity contribution < 1.29 is 24.2 Å². The van der Waals surface area contributed by atoms with Gasteiger partial charge in [0, 0.05) is 4.88 Å². The first-order chi connectivity index (χ1) is 13.3. The fourth-order valence-electron chi connectivity index (χ4n) is 3.91. The number of nitrogens with one attached hydrogen (secondary N) is 1. The van der Waals surface area contributed by atoms with Crippen LogP contribution in [0, 0.1) is 17.8 Å². The minimum atomic E-state index is -0.969. The van der Waals surface area contributed by atoms with Crippen LogP contribution in [0.3, 0.4) is 0 Å². The number of hydrogen-bond acceptors (Lipinski definition) is 5. The zero-order valence-corrected chi connectivity index (χ0v) is 17.3. The molecule has 7 heteroatoms. The van der Waals surface area contributed by atoms with Gasteiger partial charge in [-0.05, 0) is 57.4 Å². The van der Waals surface area contributed by atoms with Crippen molar-refractivity contribution in [2.24, 2.45) is 17.8 Å². The number of carbonyl (C=O) groups is 3. The predicted molar refractivity (Wildman–Crippen MR) is 108 cm³/mol. The van der Waals surface area contributed by atoms with Crippen molar-refractivity contribution in [1.29, 1.82) is 0 Å². The zero-order valence-electron chi connectivity index (χ0n) is 16.5. The molecule has 3 rings (SSSR count). The van der Waals surface area contributed by atoms with Crippen LogP contribution < -0.4 is 5.32 Å². The average Bonchev–Trinajstić information content (AvgIpc) is 2.97. The monoisotopic (exact) mass is 405 g/mol. The highest BCUT2D eigenvalue weighted by molar-refractivity contribution is 7.17. The summed E-state index contributed by atoms with van der Waals surface area (Å²) < 4.78 is 5.43. The van der Waals surface area contributed by atoms with Crippen molar-refractivity contribution in [3.05, 3.63) is 28.2 Å². The number of allylic oxidation sites excluding steroid dienone is 2. The third kappa shape index (κ3) is 4.29. The maximum atomic E-state index is 12.9. The smallest absolute Gasteiger partial charge is 0.341 e. The number of aliphatic carboxylic acids is 1. The van der Waals surface area contributed by atoms with Crippen LogP contribution in [0.15, 0.2) is 12.2 Å². The Morgan fingerprint density at radius 2 is 1.89 bits per heavy atom. The van der Waals surface area contributed by atoms with Crippen LogP contribution in [-0.4, -0.2) is 29.1 Å². The maximum Gasteiger partial charge on any atom is 0.341 e. The average molecular weight is 406 g/mol. The molecule has 0 radical (unpaired) electrons. The van der Waals surface area contributed by atoms with Gasteiger partial charge in [-0.15, -0.1) is 11.3 Å². The number of carboxylic acids is 1. The number of carbonyl (C=O) groups excluding carboxylic acids is 2. The summed E-state index contributed by atoms with van der Waals surface area (Å²) in [6.07, 6.45) is 6.78. The Balaban J connectivity index is 1.90. The lowest BCUT2D eigenvalue weighted by Gasteiger charge is -2.24. The van der Waals surface area contributed by atoms with Crippen LogP contribution in [0.5, 0.6) is 0 Å². The molecule has 1 heterocycles. The van der Waals surface area contributed by atoms with Gasteiger partial charge in [-0.3, -0.25) is 9.59 Å². The predicted octanol–water partition coefficient (Wildman–Crippen LogP) is 4.04. The van der Waals surface area contributed by atoms with Crippen molar-refractivity contribution in [2.75, 3.05) is 5.32 Å². The van der Waals surface area contributed by atoms with Gasteiger partial charge in [0.05, 0.1) is 23.5 Å². The van der Waals surface area contributed by atoms with E-state index < -0.39 is 23.8 Å². The Morgan fingerprint density at radius 3 is 2.54 bits per heavy atom. The Bertz CT molecular complexity index is 810. The molecule has 0 unspecified atom stereocenters. The van der Waals surface area contributed by atoms with Gasteiger partial charge in [0.2, 0.25) is 5.91 Å². The third-order valence-corrected chi connectivity index (χ3v) is 6.55. The molecule has 0 bridgehead atoms. The number of thiophene rings is 1. The number of ether oxygens (including phenoxy) is 1. The number of rotatable bonds is 5. The summed E-state index contributed by atoms with van der Waals surface area (Å²) in [4.78, 5) is 38.3. The summed E-state index contributed by atoms with van der Waals surface area (Å²) in [5.41, 5.74) is 1.43. The normalized spacial score (nSPS) is 23.9. The van der Waals surface area contributed by atoms with Crippen LogP contribution in [0.25, 0.3) is 0 Å². The van der Waals surface area contributed by atoms with E-state index in [1.165, 1.54) is 11.3 Å². The molecule has 0 aliphatic heterocycles. The molecule has 0 spiro atoms. The standard InChI is InChI=1S/C21H27NO5S/c1-11(2)27-21(26)17-15-9-8-12(3)10-16(15)28-19(17)22-18(23)13-6-4-5-7-14(13)20(24)25/h4-5,11-14H,6-10H2,1-3H3,(H,22,23)(H,24,25)/t12-,13-,14+/m0/s1. The summed E-state index contributed by atoms with van der Waals surface area (Å²) in [7, 11) is 0. The highest BCUT2D eigenvalue weighted by atomic mass is 32.1.